The normalized spacial score (nSPS) is 34.2. The third kappa shape index (κ3) is 1.81. The lowest BCUT2D eigenvalue weighted by molar-refractivity contribution is -0.131. The van der Waals surface area contributed by atoms with Crippen LogP contribution in [0, 0.1) is 11.8 Å². The van der Waals surface area contributed by atoms with Gasteiger partial charge in [0.1, 0.15) is 0 Å². The van der Waals surface area contributed by atoms with Crippen LogP contribution in [-0.4, -0.2) is 36.5 Å². The van der Waals surface area contributed by atoms with Crippen LogP contribution < -0.4 is 5.32 Å². The first-order valence-corrected chi connectivity index (χ1v) is 5.89. The highest BCUT2D eigenvalue weighted by Crippen LogP contribution is 2.34. The fourth-order valence-electron chi connectivity index (χ4n) is 3.07. The van der Waals surface area contributed by atoms with Gasteiger partial charge in [-0.25, -0.2) is 0 Å². The molecule has 2 aliphatic heterocycles. The van der Waals surface area contributed by atoms with E-state index < -0.39 is 0 Å². The molecule has 0 bridgehead atoms. The van der Waals surface area contributed by atoms with Gasteiger partial charge in [0.25, 0.3) is 0 Å². The van der Waals surface area contributed by atoms with Crippen LogP contribution >= 0.6 is 0 Å². The number of amides is 1. The molecule has 2 saturated heterocycles. The van der Waals surface area contributed by atoms with Gasteiger partial charge in [-0.15, -0.1) is 6.58 Å². The lowest BCUT2D eigenvalue weighted by atomic mass is 9.93. The van der Waals surface area contributed by atoms with Crippen molar-refractivity contribution < 1.29 is 4.79 Å². The predicted molar refractivity (Wildman–Crippen MR) is 60.5 cm³/mol. The Kier molecular flexibility index (Phi) is 3.10. The van der Waals surface area contributed by atoms with E-state index in [1.165, 1.54) is 0 Å². The molecule has 1 amide bonds. The second-order valence-electron chi connectivity index (χ2n) is 4.60. The highest BCUT2D eigenvalue weighted by atomic mass is 16.2. The first-order valence-electron chi connectivity index (χ1n) is 5.89. The van der Waals surface area contributed by atoms with Gasteiger partial charge in [0.05, 0.1) is 0 Å². The minimum Gasteiger partial charge on any atom is -0.339 e. The summed E-state index contributed by atoms with van der Waals surface area (Å²) in [5.74, 6) is 1.62. The number of nitrogens with one attached hydrogen (secondary N) is 1. The summed E-state index contributed by atoms with van der Waals surface area (Å²) in [7, 11) is 0. The Morgan fingerprint density at radius 2 is 2.40 bits per heavy atom. The minimum absolute atomic E-state index is 0.256. The number of carbonyl (C=O) groups excluding carboxylic acids is 1. The molecule has 2 rings (SSSR count). The Labute approximate surface area is 91.5 Å². The van der Waals surface area contributed by atoms with Gasteiger partial charge in [-0.1, -0.05) is 13.0 Å². The topological polar surface area (TPSA) is 32.3 Å². The molecule has 0 aromatic rings. The average molecular weight is 208 g/mol. The molecule has 1 N–H and O–H groups in total. The van der Waals surface area contributed by atoms with Gasteiger partial charge in [-0.2, -0.15) is 0 Å². The highest BCUT2D eigenvalue weighted by Gasteiger charge is 2.44. The molecule has 0 aromatic carbocycles. The molecular weight excluding hydrogens is 188 g/mol. The number of rotatable bonds is 3. The highest BCUT2D eigenvalue weighted by molar-refractivity contribution is 5.78. The summed E-state index contributed by atoms with van der Waals surface area (Å²) < 4.78 is 0. The number of hydrogen-bond acceptors (Lipinski definition) is 2. The van der Waals surface area contributed by atoms with Gasteiger partial charge >= 0.3 is 0 Å². The Morgan fingerprint density at radius 1 is 1.60 bits per heavy atom. The summed E-state index contributed by atoms with van der Waals surface area (Å²) >= 11 is 0. The van der Waals surface area contributed by atoms with Gasteiger partial charge in [-0.05, 0) is 18.3 Å². The molecule has 3 nitrogen and oxygen atoms in total. The quantitative estimate of drug-likeness (QED) is 0.702. The second-order valence-corrected chi connectivity index (χ2v) is 4.60. The van der Waals surface area contributed by atoms with E-state index in [9.17, 15) is 4.79 Å². The largest absolute Gasteiger partial charge is 0.339 e. The lowest BCUT2D eigenvalue weighted by Crippen LogP contribution is -2.39. The van der Waals surface area contributed by atoms with Crippen LogP contribution in [0.5, 0.6) is 0 Å². The van der Waals surface area contributed by atoms with Crippen LogP contribution in [0.4, 0.5) is 0 Å². The number of nitrogens with zero attached hydrogens (tertiary/aromatic N) is 1. The van der Waals surface area contributed by atoms with Crippen molar-refractivity contribution in [1.29, 1.82) is 0 Å². The standard InChI is InChI=1S/C12H20N2O/c1-3-5-12(15)14-8-9-6-13-7-10(9)11(14)4-2/h3,9-11,13H,1,4-8H2,2H3. The maximum atomic E-state index is 11.9. The molecule has 0 aliphatic carbocycles. The molecule has 0 radical (unpaired) electrons. The van der Waals surface area contributed by atoms with Crippen molar-refractivity contribution in [2.75, 3.05) is 19.6 Å². The lowest BCUT2D eigenvalue weighted by Gasteiger charge is -2.26. The van der Waals surface area contributed by atoms with Crippen LogP contribution in [0.15, 0.2) is 12.7 Å². The third-order valence-corrected chi connectivity index (χ3v) is 3.78. The molecular formula is C12H20N2O. The molecule has 2 aliphatic rings. The van der Waals surface area contributed by atoms with E-state index in [2.05, 4.69) is 23.7 Å². The molecule has 3 atom stereocenters. The second kappa shape index (κ2) is 4.35. The SMILES string of the molecule is C=CCC(=O)N1CC2CNCC2C1CC. The number of likely N-dealkylation sites (tertiary alicyclic amines) is 1. The molecule has 0 spiro atoms. The number of fused-ring (bicyclic) bond motifs is 1. The first kappa shape index (κ1) is 10.7. The van der Waals surface area contributed by atoms with E-state index in [0.29, 0.717) is 24.3 Å². The van der Waals surface area contributed by atoms with E-state index in [1.807, 2.05) is 0 Å². The monoisotopic (exact) mass is 208 g/mol. The smallest absolute Gasteiger partial charge is 0.226 e. The minimum atomic E-state index is 0.256. The third-order valence-electron chi connectivity index (χ3n) is 3.78. The fraction of sp³-hybridized carbons (Fsp3) is 0.750. The summed E-state index contributed by atoms with van der Waals surface area (Å²) in [6.45, 7) is 8.93. The van der Waals surface area contributed by atoms with Gasteiger partial charge in [0, 0.05) is 32.1 Å². The van der Waals surface area contributed by atoms with Crippen LogP contribution in [0.25, 0.3) is 0 Å². The molecule has 0 aromatic heterocycles. The first-order chi connectivity index (χ1) is 7.27. The van der Waals surface area contributed by atoms with Crippen molar-refractivity contribution in [2.24, 2.45) is 11.8 Å². The maximum Gasteiger partial charge on any atom is 0.226 e. The van der Waals surface area contributed by atoms with Gasteiger partial charge < -0.3 is 10.2 Å². The van der Waals surface area contributed by atoms with Crippen LogP contribution in [0.1, 0.15) is 19.8 Å². The Bertz CT molecular complexity index is 264. The summed E-state index contributed by atoms with van der Waals surface area (Å²) in [6.07, 6.45) is 3.27. The molecule has 2 heterocycles. The molecule has 3 heteroatoms. The molecule has 3 unspecified atom stereocenters. The van der Waals surface area contributed by atoms with Crippen LogP contribution in [-0.2, 0) is 4.79 Å². The maximum absolute atomic E-state index is 11.9. The molecule has 84 valence electrons. The molecule has 0 saturated carbocycles. The van der Waals surface area contributed by atoms with E-state index in [1.54, 1.807) is 6.08 Å². The van der Waals surface area contributed by atoms with E-state index in [0.717, 1.165) is 26.1 Å². The van der Waals surface area contributed by atoms with E-state index >= 15 is 0 Å². The van der Waals surface area contributed by atoms with Gasteiger partial charge in [-0.3, -0.25) is 4.79 Å². The summed E-state index contributed by atoms with van der Waals surface area (Å²) in [6, 6.07) is 0.456. The van der Waals surface area contributed by atoms with E-state index in [-0.39, 0.29) is 5.91 Å². The average Bonchev–Trinajstić information content (AvgIpc) is 2.76. The van der Waals surface area contributed by atoms with Crippen molar-refractivity contribution in [3.8, 4) is 0 Å². The van der Waals surface area contributed by atoms with Crippen molar-refractivity contribution in [3.05, 3.63) is 12.7 Å². The Morgan fingerprint density at radius 3 is 3.07 bits per heavy atom. The predicted octanol–water partition coefficient (Wildman–Crippen LogP) is 1.02. The van der Waals surface area contributed by atoms with Crippen molar-refractivity contribution >= 4 is 5.91 Å². The zero-order valence-electron chi connectivity index (χ0n) is 9.41. The zero-order chi connectivity index (χ0) is 10.8. The van der Waals surface area contributed by atoms with Crippen LogP contribution in [0.3, 0.4) is 0 Å². The number of carbonyl (C=O) groups is 1. The Balaban J connectivity index is 2.06. The van der Waals surface area contributed by atoms with Crippen molar-refractivity contribution in [2.45, 2.75) is 25.8 Å². The number of hydrogen-bond donors (Lipinski definition) is 1. The summed E-state index contributed by atoms with van der Waals surface area (Å²) in [5, 5.41) is 3.42. The summed E-state index contributed by atoms with van der Waals surface area (Å²) in [5.41, 5.74) is 0. The van der Waals surface area contributed by atoms with E-state index in [4.69, 9.17) is 0 Å². The van der Waals surface area contributed by atoms with Crippen molar-refractivity contribution in [3.63, 3.8) is 0 Å². The van der Waals surface area contributed by atoms with Crippen LogP contribution in [0.2, 0.25) is 0 Å². The zero-order valence-corrected chi connectivity index (χ0v) is 9.41. The van der Waals surface area contributed by atoms with Gasteiger partial charge in [0.2, 0.25) is 5.91 Å². The Hall–Kier alpha value is -0.830. The molecule has 2 fully saturated rings. The van der Waals surface area contributed by atoms with Crippen molar-refractivity contribution in [1.82, 2.24) is 10.2 Å². The van der Waals surface area contributed by atoms with Gasteiger partial charge in [0.15, 0.2) is 0 Å². The fourth-order valence-corrected chi connectivity index (χ4v) is 3.07. The summed E-state index contributed by atoms with van der Waals surface area (Å²) in [4.78, 5) is 14.0. The molecule has 15 heavy (non-hydrogen) atoms.